The van der Waals surface area contributed by atoms with Gasteiger partial charge in [0.25, 0.3) is 0 Å². The molecule has 0 fully saturated rings. The van der Waals surface area contributed by atoms with Crippen LogP contribution in [0, 0.1) is 0 Å². The maximum Gasteiger partial charge on any atom is 0.244 e. The van der Waals surface area contributed by atoms with Gasteiger partial charge < -0.3 is 19.8 Å². The molecule has 4 aromatic rings. The van der Waals surface area contributed by atoms with E-state index in [1.54, 1.807) is 38.9 Å². The lowest BCUT2D eigenvalue weighted by Gasteiger charge is -2.09. The summed E-state index contributed by atoms with van der Waals surface area (Å²) in [6.45, 7) is 0.372. The molecule has 2 N–H and O–H groups in total. The number of nitrogens with zero attached hydrogens (tertiary/aromatic N) is 3. The largest absolute Gasteiger partial charge is 0.493 e. The fourth-order valence-electron chi connectivity index (χ4n) is 3.17. The summed E-state index contributed by atoms with van der Waals surface area (Å²) in [4.78, 5) is 28.0. The van der Waals surface area contributed by atoms with Crippen LogP contribution in [0.5, 0.6) is 11.5 Å². The van der Waals surface area contributed by atoms with Crippen molar-refractivity contribution in [3.63, 3.8) is 0 Å². The summed E-state index contributed by atoms with van der Waals surface area (Å²) >= 11 is 0. The van der Waals surface area contributed by atoms with E-state index in [0.717, 1.165) is 33.3 Å². The van der Waals surface area contributed by atoms with E-state index in [1.165, 1.54) is 12.4 Å². The molecule has 31 heavy (non-hydrogen) atoms. The monoisotopic (exact) mass is 415 g/mol. The van der Waals surface area contributed by atoms with Gasteiger partial charge in [-0.3, -0.25) is 4.79 Å². The summed E-state index contributed by atoms with van der Waals surface area (Å²) in [5, 5.41) is 3.78. The number of amides is 1. The smallest absolute Gasteiger partial charge is 0.244 e. The van der Waals surface area contributed by atoms with Crippen molar-refractivity contribution in [2.75, 3.05) is 14.2 Å². The van der Waals surface area contributed by atoms with Gasteiger partial charge in [-0.05, 0) is 29.8 Å². The predicted octanol–water partition coefficient (Wildman–Crippen LogP) is 3.37. The predicted molar refractivity (Wildman–Crippen MR) is 118 cm³/mol. The maximum atomic E-state index is 12.3. The van der Waals surface area contributed by atoms with Crippen molar-refractivity contribution in [3.8, 4) is 22.6 Å². The highest BCUT2D eigenvalue weighted by molar-refractivity contribution is 5.96. The number of benzene rings is 1. The molecule has 156 valence electrons. The molecule has 0 saturated carbocycles. The van der Waals surface area contributed by atoms with E-state index < -0.39 is 0 Å². The van der Waals surface area contributed by atoms with E-state index in [-0.39, 0.29) is 5.91 Å². The Morgan fingerprint density at radius 3 is 2.65 bits per heavy atom. The molecule has 0 atom stereocenters. The molecule has 0 spiro atoms. The minimum Gasteiger partial charge on any atom is -0.493 e. The van der Waals surface area contributed by atoms with Gasteiger partial charge in [-0.15, -0.1) is 0 Å². The lowest BCUT2D eigenvalue weighted by molar-refractivity contribution is -0.116. The normalized spacial score (nSPS) is 11.0. The van der Waals surface area contributed by atoms with E-state index in [4.69, 9.17) is 9.47 Å². The van der Waals surface area contributed by atoms with Crippen molar-refractivity contribution in [3.05, 3.63) is 72.6 Å². The summed E-state index contributed by atoms with van der Waals surface area (Å²) in [5.41, 5.74) is 4.29. The van der Waals surface area contributed by atoms with E-state index in [0.29, 0.717) is 18.0 Å². The maximum absolute atomic E-state index is 12.3. The molecule has 0 bridgehead atoms. The number of pyridine rings is 1. The van der Waals surface area contributed by atoms with Crippen molar-refractivity contribution < 1.29 is 14.3 Å². The highest BCUT2D eigenvalue weighted by atomic mass is 16.5. The second-order valence-electron chi connectivity index (χ2n) is 6.73. The molecule has 0 aliphatic carbocycles. The van der Waals surface area contributed by atoms with Crippen LogP contribution < -0.4 is 14.8 Å². The van der Waals surface area contributed by atoms with Gasteiger partial charge in [-0.25, -0.2) is 15.0 Å². The molecular weight excluding hydrogens is 394 g/mol. The third-order valence-corrected chi connectivity index (χ3v) is 4.79. The van der Waals surface area contributed by atoms with Gasteiger partial charge >= 0.3 is 0 Å². The van der Waals surface area contributed by atoms with E-state index >= 15 is 0 Å². The number of ether oxygens (including phenoxy) is 2. The average Bonchev–Trinajstić information content (AvgIpc) is 3.24. The van der Waals surface area contributed by atoms with Crippen LogP contribution in [0.1, 0.15) is 11.1 Å². The molecule has 3 aromatic heterocycles. The van der Waals surface area contributed by atoms with Crippen LogP contribution in [-0.2, 0) is 11.3 Å². The number of methoxy groups -OCH3 is 2. The SMILES string of the molecule is COc1ccc(CNC(=O)/C=C/c2c[nH]c3ncc(-c4cncnc4)cc23)cc1OC. The highest BCUT2D eigenvalue weighted by Gasteiger charge is 2.08. The van der Waals surface area contributed by atoms with Gasteiger partial charge in [0, 0.05) is 59.5 Å². The molecule has 4 rings (SSSR count). The molecular formula is C23H21N5O3. The summed E-state index contributed by atoms with van der Waals surface area (Å²) in [6.07, 6.45) is 11.8. The molecule has 0 aliphatic rings. The van der Waals surface area contributed by atoms with E-state index in [2.05, 4.69) is 25.3 Å². The van der Waals surface area contributed by atoms with Crippen LogP contribution in [0.3, 0.4) is 0 Å². The third-order valence-electron chi connectivity index (χ3n) is 4.79. The summed E-state index contributed by atoms with van der Waals surface area (Å²) < 4.78 is 10.5. The van der Waals surface area contributed by atoms with Crippen LogP contribution in [0.25, 0.3) is 28.2 Å². The highest BCUT2D eigenvalue weighted by Crippen LogP contribution is 2.27. The Kier molecular flexibility index (Phi) is 5.89. The first kappa shape index (κ1) is 20.1. The Morgan fingerprint density at radius 1 is 1.06 bits per heavy atom. The number of rotatable bonds is 7. The zero-order valence-corrected chi connectivity index (χ0v) is 17.1. The molecule has 0 saturated heterocycles. The number of carbonyl (C=O) groups is 1. The Hall–Kier alpha value is -4.20. The fraction of sp³-hybridized carbons (Fsp3) is 0.130. The van der Waals surface area contributed by atoms with Crippen molar-refractivity contribution in [1.82, 2.24) is 25.3 Å². The number of nitrogens with one attached hydrogen (secondary N) is 2. The van der Waals surface area contributed by atoms with Crippen LogP contribution in [0.2, 0.25) is 0 Å². The Bertz CT molecular complexity index is 1230. The van der Waals surface area contributed by atoms with Crippen LogP contribution in [0.15, 0.2) is 61.5 Å². The van der Waals surface area contributed by atoms with Crippen molar-refractivity contribution in [2.45, 2.75) is 6.54 Å². The van der Waals surface area contributed by atoms with Gasteiger partial charge in [0.15, 0.2) is 11.5 Å². The minimum atomic E-state index is -0.204. The summed E-state index contributed by atoms with van der Waals surface area (Å²) in [7, 11) is 3.16. The first-order chi connectivity index (χ1) is 15.2. The topological polar surface area (TPSA) is 102 Å². The van der Waals surface area contributed by atoms with Crippen molar-refractivity contribution in [2.24, 2.45) is 0 Å². The molecule has 8 heteroatoms. The van der Waals surface area contributed by atoms with E-state index in [9.17, 15) is 4.79 Å². The quantitative estimate of drug-likeness (QED) is 0.449. The standard InChI is InChI=1S/C23H21N5O3/c1-30-20-5-3-15(7-21(20)31-2)9-26-22(29)6-4-16-12-27-23-19(16)8-17(13-28-23)18-10-24-14-25-11-18/h3-8,10-14H,9H2,1-2H3,(H,26,29)(H,27,28)/b6-4+. The number of H-pyrrole nitrogens is 1. The van der Waals surface area contributed by atoms with E-state index in [1.807, 2.05) is 30.5 Å². The Labute approximate surface area is 179 Å². The zero-order chi connectivity index (χ0) is 21.6. The number of hydrogen-bond donors (Lipinski definition) is 2. The van der Waals surface area contributed by atoms with Gasteiger partial charge in [0.05, 0.1) is 14.2 Å². The molecule has 0 aliphatic heterocycles. The average molecular weight is 415 g/mol. The first-order valence-corrected chi connectivity index (χ1v) is 9.57. The molecule has 3 heterocycles. The van der Waals surface area contributed by atoms with Gasteiger partial charge in [-0.2, -0.15) is 0 Å². The molecule has 8 nitrogen and oxygen atoms in total. The van der Waals surface area contributed by atoms with Gasteiger partial charge in [-0.1, -0.05) is 6.07 Å². The minimum absolute atomic E-state index is 0.204. The molecule has 0 radical (unpaired) electrons. The number of carbonyl (C=O) groups excluding carboxylic acids is 1. The third kappa shape index (κ3) is 4.53. The second-order valence-corrected chi connectivity index (χ2v) is 6.73. The zero-order valence-electron chi connectivity index (χ0n) is 17.1. The fourth-order valence-corrected chi connectivity index (χ4v) is 3.17. The number of hydrogen-bond acceptors (Lipinski definition) is 6. The second kappa shape index (κ2) is 9.08. The molecule has 1 amide bonds. The lowest BCUT2D eigenvalue weighted by atomic mass is 10.1. The first-order valence-electron chi connectivity index (χ1n) is 9.57. The van der Waals surface area contributed by atoms with Crippen molar-refractivity contribution in [1.29, 1.82) is 0 Å². The summed E-state index contributed by atoms with van der Waals surface area (Å²) in [6, 6.07) is 7.53. The lowest BCUT2D eigenvalue weighted by Crippen LogP contribution is -2.20. The van der Waals surface area contributed by atoms with Crippen LogP contribution >= 0.6 is 0 Å². The number of aromatic nitrogens is 4. The van der Waals surface area contributed by atoms with Crippen molar-refractivity contribution >= 4 is 23.0 Å². The molecule has 0 unspecified atom stereocenters. The van der Waals surface area contributed by atoms with Crippen LogP contribution in [-0.4, -0.2) is 40.1 Å². The molecule has 1 aromatic carbocycles. The number of aromatic amines is 1. The van der Waals surface area contributed by atoms with Gasteiger partial charge in [0.2, 0.25) is 5.91 Å². The Balaban J connectivity index is 1.46. The van der Waals surface area contributed by atoms with Crippen LogP contribution in [0.4, 0.5) is 0 Å². The Morgan fingerprint density at radius 2 is 1.87 bits per heavy atom. The number of fused-ring (bicyclic) bond motifs is 1. The van der Waals surface area contributed by atoms with Gasteiger partial charge in [0.1, 0.15) is 12.0 Å². The summed E-state index contributed by atoms with van der Waals surface area (Å²) in [5.74, 6) is 1.06.